The molecule has 0 amide bonds. The number of para-hydroxylation sites is 1. The van der Waals surface area contributed by atoms with Crippen molar-refractivity contribution in [2.75, 3.05) is 0 Å². The number of hydrogen-bond donors (Lipinski definition) is 1. The number of hydrogen-bond acceptors (Lipinski definition) is 3. The van der Waals surface area contributed by atoms with Crippen molar-refractivity contribution in [3.63, 3.8) is 0 Å². The molecule has 0 spiro atoms. The van der Waals surface area contributed by atoms with E-state index in [2.05, 4.69) is 9.55 Å². The van der Waals surface area contributed by atoms with Gasteiger partial charge in [-0.15, -0.1) is 0 Å². The molecule has 2 heterocycles. The summed E-state index contributed by atoms with van der Waals surface area (Å²) in [5.41, 5.74) is 2.80. The highest BCUT2D eigenvalue weighted by molar-refractivity contribution is 5.71. The van der Waals surface area contributed by atoms with Gasteiger partial charge in [0.1, 0.15) is 17.1 Å². The average Bonchev–Trinajstić information content (AvgIpc) is 3.23. The molecule has 0 unspecified atom stereocenters. The second kappa shape index (κ2) is 4.34. The Morgan fingerprint density at radius 1 is 1.15 bits per heavy atom. The average molecular weight is 265 g/mol. The molecule has 1 fully saturated rings. The molecule has 2 aromatic heterocycles. The molecule has 3 aromatic rings. The van der Waals surface area contributed by atoms with Gasteiger partial charge in [0.25, 0.3) is 0 Å². The zero-order valence-corrected chi connectivity index (χ0v) is 11.0. The number of aromatic hydroxyl groups is 1. The van der Waals surface area contributed by atoms with Crippen molar-refractivity contribution in [1.29, 1.82) is 0 Å². The normalized spacial score (nSPS) is 14.8. The van der Waals surface area contributed by atoms with E-state index >= 15 is 0 Å². The minimum absolute atomic E-state index is 0.329. The van der Waals surface area contributed by atoms with Crippen LogP contribution in [0, 0.1) is 0 Å². The smallest absolute Gasteiger partial charge is 0.160 e. The van der Waals surface area contributed by atoms with Crippen LogP contribution in [0.5, 0.6) is 5.75 Å². The molecule has 100 valence electrons. The number of aromatic nitrogens is 3. The van der Waals surface area contributed by atoms with Crippen LogP contribution in [0.25, 0.3) is 11.2 Å². The molecule has 4 rings (SSSR count). The molecule has 0 saturated heterocycles. The van der Waals surface area contributed by atoms with Crippen molar-refractivity contribution in [2.24, 2.45) is 0 Å². The topological polar surface area (TPSA) is 50.9 Å². The van der Waals surface area contributed by atoms with Crippen molar-refractivity contribution < 1.29 is 5.11 Å². The van der Waals surface area contributed by atoms with Gasteiger partial charge in [-0.25, -0.2) is 9.97 Å². The second-order valence-corrected chi connectivity index (χ2v) is 5.28. The van der Waals surface area contributed by atoms with E-state index in [1.165, 1.54) is 12.8 Å². The van der Waals surface area contributed by atoms with Crippen LogP contribution in [0.2, 0.25) is 0 Å². The Balaban J connectivity index is 1.83. The van der Waals surface area contributed by atoms with Gasteiger partial charge in [0.2, 0.25) is 0 Å². The number of phenolic OH excluding ortho intramolecular Hbond substituents is 1. The van der Waals surface area contributed by atoms with Crippen LogP contribution in [-0.2, 0) is 6.42 Å². The highest BCUT2D eigenvalue weighted by Gasteiger charge is 2.28. The van der Waals surface area contributed by atoms with E-state index < -0.39 is 0 Å². The van der Waals surface area contributed by atoms with Crippen LogP contribution in [0.3, 0.4) is 0 Å². The highest BCUT2D eigenvalue weighted by Crippen LogP contribution is 2.38. The van der Waals surface area contributed by atoms with E-state index in [1.807, 2.05) is 36.5 Å². The Morgan fingerprint density at radius 2 is 2.00 bits per heavy atom. The minimum atomic E-state index is 0.329. The molecule has 4 heteroatoms. The lowest BCUT2D eigenvalue weighted by atomic mass is 10.1. The molecule has 0 radical (unpaired) electrons. The Hall–Kier alpha value is -2.36. The summed E-state index contributed by atoms with van der Waals surface area (Å²) < 4.78 is 2.24. The van der Waals surface area contributed by atoms with Gasteiger partial charge in [0, 0.05) is 24.2 Å². The molecule has 1 aliphatic rings. The number of pyridine rings is 1. The fourth-order valence-electron chi connectivity index (χ4n) is 2.65. The lowest BCUT2D eigenvalue weighted by Crippen LogP contribution is -2.03. The lowest BCUT2D eigenvalue weighted by molar-refractivity contribution is 0.468. The van der Waals surface area contributed by atoms with E-state index in [4.69, 9.17) is 4.98 Å². The number of nitrogens with zero attached hydrogens (tertiary/aromatic N) is 3. The number of imidazole rings is 1. The largest absolute Gasteiger partial charge is 0.508 e. The molecule has 1 aromatic carbocycles. The minimum Gasteiger partial charge on any atom is -0.508 e. The fourth-order valence-corrected chi connectivity index (χ4v) is 2.65. The Morgan fingerprint density at radius 3 is 2.80 bits per heavy atom. The third-order valence-corrected chi connectivity index (χ3v) is 3.77. The second-order valence-electron chi connectivity index (χ2n) is 5.28. The van der Waals surface area contributed by atoms with E-state index in [-0.39, 0.29) is 0 Å². The zero-order valence-electron chi connectivity index (χ0n) is 11.0. The standard InChI is InChI=1S/C16H15N3O/c20-14-6-2-1-4-11(14)10-15-18-13-5-3-9-17-16(13)19(15)12-7-8-12/h1-6,9,12,20H,7-8,10H2. The first-order valence-corrected chi connectivity index (χ1v) is 6.91. The summed E-state index contributed by atoms with van der Waals surface area (Å²) in [7, 11) is 0. The summed E-state index contributed by atoms with van der Waals surface area (Å²) in [6.45, 7) is 0. The summed E-state index contributed by atoms with van der Waals surface area (Å²) in [4.78, 5) is 9.16. The maximum atomic E-state index is 9.94. The lowest BCUT2D eigenvalue weighted by Gasteiger charge is -2.08. The molecular formula is C16H15N3O. The number of rotatable bonds is 3. The summed E-state index contributed by atoms with van der Waals surface area (Å²) in [5.74, 6) is 1.32. The summed E-state index contributed by atoms with van der Waals surface area (Å²) in [6.07, 6.45) is 4.83. The quantitative estimate of drug-likeness (QED) is 0.791. The van der Waals surface area contributed by atoms with Crippen LogP contribution in [0.15, 0.2) is 42.6 Å². The third-order valence-electron chi connectivity index (χ3n) is 3.77. The maximum absolute atomic E-state index is 9.94. The van der Waals surface area contributed by atoms with E-state index in [0.717, 1.165) is 22.6 Å². The van der Waals surface area contributed by atoms with Crippen LogP contribution in [-0.4, -0.2) is 19.6 Å². The molecule has 20 heavy (non-hydrogen) atoms. The van der Waals surface area contributed by atoms with Crippen molar-refractivity contribution in [1.82, 2.24) is 14.5 Å². The van der Waals surface area contributed by atoms with Crippen molar-refractivity contribution >= 4 is 11.2 Å². The van der Waals surface area contributed by atoms with Crippen molar-refractivity contribution in [3.8, 4) is 5.75 Å². The molecular weight excluding hydrogens is 250 g/mol. The van der Waals surface area contributed by atoms with Gasteiger partial charge in [0.05, 0.1) is 0 Å². The van der Waals surface area contributed by atoms with Crippen LogP contribution >= 0.6 is 0 Å². The van der Waals surface area contributed by atoms with Crippen LogP contribution < -0.4 is 0 Å². The highest BCUT2D eigenvalue weighted by atomic mass is 16.3. The molecule has 0 aliphatic heterocycles. The summed E-state index contributed by atoms with van der Waals surface area (Å²) in [6, 6.07) is 11.9. The maximum Gasteiger partial charge on any atom is 0.160 e. The van der Waals surface area contributed by atoms with E-state index in [9.17, 15) is 5.11 Å². The predicted octanol–water partition coefficient (Wildman–Crippen LogP) is 3.06. The number of fused-ring (bicyclic) bond motifs is 1. The Labute approximate surface area is 116 Å². The number of benzene rings is 1. The summed E-state index contributed by atoms with van der Waals surface area (Å²) >= 11 is 0. The molecule has 4 nitrogen and oxygen atoms in total. The zero-order chi connectivity index (χ0) is 13.5. The third kappa shape index (κ3) is 1.84. The Bertz CT molecular complexity index is 774. The van der Waals surface area contributed by atoms with Gasteiger partial charge in [-0.1, -0.05) is 18.2 Å². The van der Waals surface area contributed by atoms with Crippen molar-refractivity contribution in [2.45, 2.75) is 25.3 Å². The van der Waals surface area contributed by atoms with Gasteiger partial charge in [-0.2, -0.15) is 0 Å². The first-order valence-electron chi connectivity index (χ1n) is 6.91. The van der Waals surface area contributed by atoms with Crippen LogP contribution in [0.1, 0.15) is 30.3 Å². The van der Waals surface area contributed by atoms with Gasteiger partial charge >= 0.3 is 0 Å². The molecule has 1 saturated carbocycles. The Kier molecular flexibility index (Phi) is 2.49. The van der Waals surface area contributed by atoms with Crippen molar-refractivity contribution in [3.05, 3.63) is 54.0 Å². The molecule has 1 aliphatic carbocycles. The first kappa shape index (κ1) is 11.5. The fraction of sp³-hybridized carbons (Fsp3) is 0.250. The van der Waals surface area contributed by atoms with Gasteiger partial charge in [-0.05, 0) is 31.0 Å². The van der Waals surface area contributed by atoms with E-state index in [0.29, 0.717) is 18.2 Å². The molecule has 0 atom stereocenters. The summed E-state index contributed by atoms with van der Waals surface area (Å²) in [5, 5.41) is 9.94. The van der Waals surface area contributed by atoms with Gasteiger partial charge in [0.15, 0.2) is 5.65 Å². The molecule has 1 N–H and O–H groups in total. The van der Waals surface area contributed by atoms with E-state index in [1.54, 1.807) is 6.07 Å². The number of phenols is 1. The molecule has 0 bridgehead atoms. The predicted molar refractivity (Wildman–Crippen MR) is 76.7 cm³/mol. The first-order chi connectivity index (χ1) is 9.83. The van der Waals surface area contributed by atoms with Gasteiger partial charge < -0.3 is 9.67 Å². The SMILES string of the molecule is Oc1ccccc1Cc1nc2cccnc2n1C1CC1. The monoisotopic (exact) mass is 265 g/mol. The van der Waals surface area contributed by atoms with Gasteiger partial charge in [-0.3, -0.25) is 0 Å². The van der Waals surface area contributed by atoms with Crippen LogP contribution in [0.4, 0.5) is 0 Å².